The lowest BCUT2D eigenvalue weighted by Crippen LogP contribution is -2.45. The van der Waals surface area contributed by atoms with Crippen LogP contribution in [0.25, 0.3) is 0 Å². The van der Waals surface area contributed by atoms with Crippen molar-refractivity contribution in [2.45, 2.75) is 65.5 Å². The van der Waals surface area contributed by atoms with Gasteiger partial charge in [0, 0.05) is 12.1 Å². The van der Waals surface area contributed by atoms with E-state index in [2.05, 4.69) is 30.6 Å². The Bertz CT molecular complexity index is 453. The summed E-state index contributed by atoms with van der Waals surface area (Å²) in [6, 6.07) is 0.738. The van der Waals surface area contributed by atoms with E-state index >= 15 is 0 Å². The van der Waals surface area contributed by atoms with Gasteiger partial charge in [0.1, 0.15) is 6.61 Å². The molecule has 2 rings (SSSR count). The molecule has 0 spiro atoms. The van der Waals surface area contributed by atoms with E-state index in [0.29, 0.717) is 19.3 Å². The highest BCUT2D eigenvalue weighted by atomic mass is 16.5. The van der Waals surface area contributed by atoms with Gasteiger partial charge in [-0.3, -0.25) is 14.5 Å². The van der Waals surface area contributed by atoms with Gasteiger partial charge in [-0.05, 0) is 79.6 Å². The van der Waals surface area contributed by atoms with E-state index in [1.807, 2.05) is 6.92 Å². The Labute approximate surface area is 158 Å². The zero-order chi connectivity index (χ0) is 19.1. The normalized spacial score (nSPS) is 22.3. The number of rotatable bonds is 7. The highest BCUT2D eigenvalue weighted by Crippen LogP contribution is 2.22. The number of hydrogen-bond acceptors (Lipinski definition) is 6. The Hall–Kier alpha value is -1.14. The van der Waals surface area contributed by atoms with Crippen molar-refractivity contribution in [2.24, 2.45) is 11.8 Å². The van der Waals surface area contributed by atoms with E-state index in [9.17, 15) is 9.59 Å². The number of carbonyl (C=O) groups excluding carboxylic acids is 2. The molecule has 2 fully saturated rings. The average Bonchev–Trinajstić information content (AvgIpc) is 2.66. The van der Waals surface area contributed by atoms with Crippen molar-refractivity contribution >= 4 is 11.9 Å². The van der Waals surface area contributed by atoms with E-state index in [4.69, 9.17) is 9.47 Å². The minimum atomic E-state index is -0.0704. The molecule has 2 aliphatic rings. The molecule has 1 atom stereocenters. The van der Waals surface area contributed by atoms with Crippen LogP contribution in [0.15, 0.2) is 0 Å². The van der Waals surface area contributed by atoms with Crippen LogP contribution < -0.4 is 0 Å². The number of ether oxygens (including phenoxy) is 2. The van der Waals surface area contributed by atoms with Gasteiger partial charge in [0.05, 0.1) is 18.4 Å². The monoisotopic (exact) mass is 368 g/mol. The Balaban J connectivity index is 1.67. The molecule has 26 heavy (non-hydrogen) atoms. The standard InChI is InChI=1S/C20H36N2O4/c1-5-25-19(23)17-8-12-22(13-9-17)16(4)14-26-20(24)18-6-10-21(11-7-18)15(2)3/h15-18H,5-14H2,1-4H3. The van der Waals surface area contributed by atoms with Crippen LogP contribution in [0.1, 0.15) is 53.4 Å². The summed E-state index contributed by atoms with van der Waals surface area (Å²) < 4.78 is 10.7. The molecule has 2 saturated heterocycles. The van der Waals surface area contributed by atoms with Crippen molar-refractivity contribution in [1.82, 2.24) is 9.80 Å². The molecule has 0 aromatic rings. The lowest BCUT2D eigenvalue weighted by Gasteiger charge is -2.36. The van der Waals surface area contributed by atoms with Crippen LogP contribution in [-0.4, -0.2) is 73.2 Å². The summed E-state index contributed by atoms with van der Waals surface area (Å²) in [6.45, 7) is 12.9. The maximum atomic E-state index is 12.4. The lowest BCUT2D eigenvalue weighted by atomic mass is 9.95. The van der Waals surface area contributed by atoms with Gasteiger partial charge in [0.25, 0.3) is 0 Å². The Morgan fingerprint density at radius 3 is 1.77 bits per heavy atom. The quantitative estimate of drug-likeness (QED) is 0.643. The van der Waals surface area contributed by atoms with E-state index in [-0.39, 0.29) is 29.8 Å². The van der Waals surface area contributed by atoms with Gasteiger partial charge < -0.3 is 14.4 Å². The minimum Gasteiger partial charge on any atom is -0.466 e. The maximum Gasteiger partial charge on any atom is 0.309 e. The molecular weight excluding hydrogens is 332 g/mol. The second kappa shape index (κ2) is 10.3. The summed E-state index contributed by atoms with van der Waals surface area (Å²) in [5.41, 5.74) is 0. The molecule has 2 aliphatic heterocycles. The first-order valence-corrected chi connectivity index (χ1v) is 10.2. The number of nitrogens with zero attached hydrogens (tertiary/aromatic N) is 2. The fourth-order valence-corrected chi connectivity index (χ4v) is 3.91. The van der Waals surface area contributed by atoms with Crippen molar-refractivity contribution < 1.29 is 19.1 Å². The molecular formula is C20H36N2O4. The van der Waals surface area contributed by atoms with E-state index in [1.54, 1.807) is 0 Å². The van der Waals surface area contributed by atoms with Crippen LogP contribution in [0.5, 0.6) is 0 Å². The molecule has 0 amide bonds. The van der Waals surface area contributed by atoms with Crippen LogP contribution in [0.3, 0.4) is 0 Å². The third-order valence-electron chi connectivity index (χ3n) is 5.83. The van der Waals surface area contributed by atoms with Crippen LogP contribution in [0.4, 0.5) is 0 Å². The second-order valence-electron chi connectivity index (χ2n) is 7.95. The molecule has 6 nitrogen and oxygen atoms in total. The maximum absolute atomic E-state index is 12.4. The number of carbonyl (C=O) groups is 2. The van der Waals surface area contributed by atoms with Crippen molar-refractivity contribution in [3.63, 3.8) is 0 Å². The molecule has 150 valence electrons. The van der Waals surface area contributed by atoms with E-state index < -0.39 is 0 Å². The van der Waals surface area contributed by atoms with Gasteiger partial charge in [-0.2, -0.15) is 0 Å². The Morgan fingerprint density at radius 1 is 0.846 bits per heavy atom. The van der Waals surface area contributed by atoms with Crippen molar-refractivity contribution in [3.05, 3.63) is 0 Å². The zero-order valence-electron chi connectivity index (χ0n) is 16.9. The molecule has 0 aromatic carbocycles. The second-order valence-corrected chi connectivity index (χ2v) is 7.95. The molecule has 6 heteroatoms. The number of esters is 2. The van der Waals surface area contributed by atoms with Gasteiger partial charge in [0.15, 0.2) is 0 Å². The molecule has 0 N–H and O–H groups in total. The van der Waals surface area contributed by atoms with Crippen molar-refractivity contribution in [1.29, 1.82) is 0 Å². The number of piperidine rings is 2. The number of likely N-dealkylation sites (tertiary alicyclic amines) is 2. The fourth-order valence-electron chi connectivity index (χ4n) is 3.91. The lowest BCUT2D eigenvalue weighted by molar-refractivity contribution is -0.152. The summed E-state index contributed by atoms with van der Waals surface area (Å²) in [5.74, 6) is -0.0421. The first-order valence-electron chi connectivity index (χ1n) is 10.2. The first-order chi connectivity index (χ1) is 12.4. The third kappa shape index (κ3) is 5.95. The van der Waals surface area contributed by atoms with Crippen LogP contribution in [0, 0.1) is 11.8 Å². The molecule has 1 unspecified atom stereocenters. The molecule has 0 aliphatic carbocycles. The van der Waals surface area contributed by atoms with Crippen LogP contribution >= 0.6 is 0 Å². The summed E-state index contributed by atoms with van der Waals surface area (Å²) in [6.07, 6.45) is 3.45. The summed E-state index contributed by atoms with van der Waals surface area (Å²) in [4.78, 5) is 28.9. The smallest absolute Gasteiger partial charge is 0.309 e. The highest BCUT2D eigenvalue weighted by molar-refractivity contribution is 5.73. The average molecular weight is 369 g/mol. The fraction of sp³-hybridized carbons (Fsp3) is 0.900. The molecule has 0 saturated carbocycles. The van der Waals surface area contributed by atoms with Gasteiger partial charge in [-0.1, -0.05) is 0 Å². The van der Waals surface area contributed by atoms with Gasteiger partial charge >= 0.3 is 11.9 Å². The summed E-state index contributed by atoms with van der Waals surface area (Å²) in [5, 5.41) is 0. The zero-order valence-corrected chi connectivity index (χ0v) is 16.9. The molecule has 0 radical (unpaired) electrons. The predicted octanol–water partition coefficient (Wildman–Crippen LogP) is 2.31. The molecule has 0 bridgehead atoms. The summed E-state index contributed by atoms with van der Waals surface area (Å²) >= 11 is 0. The topological polar surface area (TPSA) is 59.1 Å². The van der Waals surface area contributed by atoms with Gasteiger partial charge in [-0.15, -0.1) is 0 Å². The van der Waals surface area contributed by atoms with Crippen LogP contribution in [0.2, 0.25) is 0 Å². The predicted molar refractivity (Wildman–Crippen MR) is 101 cm³/mol. The van der Waals surface area contributed by atoms with Gasteiger partial charge in [0.2, 0.25) is 0 Å². The largest absolute Gasteiger partial charge is 0.466 e. The first kappa shape index (κ1) is 21.2. The number of hydrogen-bond donors (Lipinski definition) is 0. The van der Waals surface area contributed by atoms with Gasteiger partial charge in [-0.25, -0.2) is 0 Å². The third-order valence-corrected chi connectivity index (χ3v) is 5.83. The molecule has 2 heterocycles. The Kier molecular flexibility index (Phi) is 8.35. The molecule has 0 aromatic heterocycles. The minimum absolute atomic E-state index is 0.0205. The SMILES string of the molecule is CCOC(=O)C1CCN(C(C)COC(=O)C2CCN(C(C)C)CC2)CC1. The summed E-state index contributed by atoms with van der Waals surface area (Å²) in [7, 11) is 0. The van der Waals surface area contributed by atoms with Crippen LogP contribution in [-0.2, 0) is 19.1 Å². The van der Waals surface area contributed by atoms with Crippen molar-refractivity contribution in [3.8, 4) is 0 Å². The Morgan fingerprint density at radius 2 is 1.31 bits per heavy atom. The highest BCUT2D eigenvalue weighted by Gasteiger charge is 2.30. The van der Waals surface area contributed by atoms with E-state index in [0.717, 1.165) is 51.9 Å². The van der Waals surface area contributed by atoms with Crippen molar-refractivity contribution in [2.75, 3.05) is 39.4 Å². The van der Waals surface area contributed by atoms with E-state index in [1.165, 1.54) is 0 Å².